The number of thiazole rings is 1. The van der Waals surface area contributed by atoms with E-state index in [-0.39, 0.29) is 51.7 Å². The molecule has 0 bridgehead atoms. The largest absolute Gasteiger partial charge is 0.487 e. The topological polar surface area (TPSA) is 173 Å². The van der Waals surface area contributed by atoms with Crippen molar-refractivity contribution in [3.8, 4) is 17.4 Å². The fourth-order valence-electron chi connectivity index (χ4n) is 5.05. The zero-order chi connectivity index (χ0) is 37.5. The van der Waals surface area contributed by atoms with Crippen molar-refractivity contribution < 1.29 is 79.3 Å². The third-order valence-corrected chi connectivity index (χ3v) is 9.17. The van der Waals surface area contributed by atoms with Gasteiger partial charge in [-0.3, -0.25) is 4.79 Å². The van der Waals surface area contributed by atoms with E-state index in [9.17, 15) is 60.3 Å². The summed E-state index contributed by atoms with van der Waals surface area (Å²) in [6.45, 7) is -3.24. The van der Waals surface area contributed by atoms with Gasteiger partial charge >= 0.3 is 24.6 Å². The molecule has 1 amide bonds. The first-order valence-electron chi connectivity index (χ1n) is 14.9. The fourth-order valence-corrected chi connectivity index (χ4v) is 6.23. The van der Waals surface area contributed by atoms with Gasteiger partial charge in [0.2, 0.25) is 12.2 Å². The molecule has 2 aliphatic rings. The summed E-state index contributed by atoms with van der Waals surface area (Å²) in [4.78, 5) is 19.2. The predicted molar refractivity (Wildman–Crippen MR) is 156 cm³/mol. The highest BCUT2D eigenvalue weighted by Crippen LogP contribution is 2.52. The summed E-state index contributed by atoms with van der Waals surface area (Å²) in [7, 11) is 1.24. The molecule has 2 fully saturated rings. The molecule has 5 rings (SSSR count). The molecule has 2 aromatic heterocycles. The molecule has 5 N–H and O–H groups in total. The van der Waals surface area contributed by atoms with E-state index >= 15 is 0 Å². The number of carbonyl (C=O) groups is 1. The van der Waals surface area contributed by atoms with Gasteiger partial charge in [-0.1, -0.05) is 12.1 Å². The molecular weight excluding hydrogens is 730 g/mol. The minimum absolute atomic E-state index is 0.0653. The molecule has 0 spiro atoms. The monoisotopic (exact) mass is 759 g/mol. The van der Waals surface area contributed by atoms with Gasteiger partial charge < -0.3 is 44.7 Å². The molecule has 1 aliphatic heterocycles. The second kappa shape index (κ2) is 14.6. The van der Waals surface area contributed by atoms with E-state index in [1.54, 1.807) is 0 Å². The molecule has 3 heterocycles. The van der Waals surface area contributed by atoms with Crippen molar-refractivity contribution in [1.82, 2.24) is 15.3 Å². The maximum atomic E-state index is 13.7. The van der Waals surface area contributed by atoms with E-state index < -0.39 is 72.1 Å². The lowest BCUT2D eigenvalue weighted by atomic mass is 9.91. The van der Waals surface area contributed by atoms with Gasteiger partial charge in [0.05, 0.1) is 6.10 Å². The maximum absolute atomic E-state index is 13.7. The van der Waals surface area contributed by atoms with Gasteiger partial charge in [-0.05, 0) is 42.5 Å². The first-order chi connectivity index (χ1) is 23.8. The SMILES string of the molecule is CNC(=O)[C@H]1O[C@@H](Oc2ccc(C[C@@H](c3ccc(OC(F)F)c(OC4CC4)c3)c3cnc(C(O)(C(F)(F)F)C(F)(F)F)s3)cn2)[C@H](O)[C@@H](O)[C@@H]1O. The Morgan fingerprint density at radius 1 is 0.961 bits per heavy atom. The molecule has 21 heteroatoms. The maximum Gasteiger partial charge on any atom is 0.433 e. The summed E-state index contributed by atoms with van der Waals surface area (Å²) < 4.78 is 129. The molecule has 1 saturated heterocycles. The van der Waals surface area contributed by atoms with Crippen LogP contribution in [0.3, 0.4) is 0 Å². The number of alkyl halides is 8. The van der Waals surface area contributed by atoms with E-state index in [0.29, 0.717) is 18.4 Å². The van der Waals surface area contributed by atoms with Gasteiger partial charge in [0.1, 0.15) is 23.3 Å². The lowest BCUT2D eigenvalue weighted by Crippen LogP contribution is -2.62. The number of pyridine rings is 1. The number of ether oxygens (including phenoxy) is 4. The average molecular weight is 760 g/mol. The summed E-state index contributed by atoms with van der Waals surface area (Å²) in [5, 5.41) is 41.1. The number of nitrogens with zero attached hydrogens (tertiary/aromatic N) is 2. The molecule has 3 aromatic rings. The number of benzene rings is 1. The first kappa shape index (κ1) is 38.3. The number of halogens is 8. The van der Waals surface area contributed by atoms with Crippen molar-refractivity contribution in [3.63, 3.8) is 0 Å². The molecule has 0 radical (unpaired) electrons. The van der Waals surface area contributed by atoms with E-state index in [2.05, 4.69) is 20.0 Å². The Kier molecular flexibility index (Phi) is 11.0. The van der Waals surface area contributed by atoms with Gasteiger partial charge in [-0.25, -0.2) is 9.97 Å². The third-order valence-electron chi connectivity index (χ3n) is 7.95. The molecule has 1 aromatic carbocycles. The number of amides is 1. The molecule has 280 valence electrons. The van der Waals surface area contributed by atoms with Crippen LogP contribution < -0.4 is 19.5 Å². The Labute approximate surface area is 286 Å². The Morgan fingerprint density at radius 3 is 2.22 bits per heavy atom. The van der Waals surface area contributed by atoms with Crippen LogP contribution in [0, 0.1) is 0 Å². The summed E-state index contributed by atoms with van der Waals surface area (Å²) in [5.74, 6) is -2.69. The van der Waals surface area contributed by atoms with Crippen molar-refractivity contribution in [2.45, 2.75) is 86.6 Å². The molecule has 51 heavy (non-hydrogen) atoms. The van der Waals surface area contributed by atoms with Crippen LogP contribution in [0.25, 0.3) is 0 Å². The van der Waals surface area contributed by atoms with Crippen molar-refractivity contribution >= 4 is 17.2 Å². The van der Waals surface area contributed by atoms with E-state index in [1.165, 1.54) is 37.5 Å². The van der Waals surface area contributed by atoms with Gasteiger partial charge in [0, 0.05) is 36.3 Å². The fraction of sp³-hybridized carbons (Fsp3) is 0.500. The molecule has 0 unspecified atom stereocenters. The average Bonchev–Trinajstić information content (AvgIpc) is 3.75. The molecule has 12 nitrogen and oxygen atoms in total. The molecule has 6 atom stereocenters. The van der Waals surface area contributed by atoms with Crippen molar-refractivity contribution in [2.24, 2.45) is 0 Å². The lowest BCUT2D eigenvalue weighted by molar-refractivity contribution is -0.376. The minimum atomic E-state index is -6.20. The van der Waals surface area contributed by atoms with Crippen molar-refractivity contribution in [1.29, 1.82) is 0 Å². The van der Waals surface area contributed by atoms with Gasteiger partial charge in [-0.15, -0.1) is 11.3 Å². The molecule has 1 aliphatic carbocycles. The highest BCUT2D eigenvalue weighted by molar-refractivity contribution is 7.11. The van der Waals surface area contributed by atoms with Crippen LogP contribution in [0.15, 0.2) is 42.7 Å². The zero-order valence-electron chi connectivity index (χ0n) is 25.9. The Morgan fingerprint density at radius 2 is 1.65 bits per heavy atom. The number of aliphatic hydroxyl groups excluding tert-OH is 3. The van der Waals surface area contributed by atoms with E-state index in [0.717, 1.165) is 12.3 Å². The van der Waals surface area contributed by atoms with Crippen LogP contribution in [0.1, 0.15) is 39.8 Å². The smallest absolute Gasteiger partial charge is 0.433 e. The highest BCUT2D eigenvalue weighted by Gasteiger charge is 2.73. The number of aromatic nitrogens is 2. The number of likely N-dealkylation sites (N-methyl/N-ethyl adjacent to an activating group) is 1. The Hall–Kier alpha value is -3.89. The summed E-state index contributed by atoms with van der Waals surface area (Å²) in [6.07, 6.45) is -18.6. The van der Waals surface area contributed by atoms with Crippen LogP contribution >= 0.6 is 11.3 Å². The zero-order valence-corrected chi connectivity index (χ0v) is 26.8. The summed E-state index contributed by atoms with van der Waals surface area (Å²) >= 11 is -0.0653. The normalized spacial score (nSPS) is 23.5. The minimum Gasteiger partial charge on any atom is -0.487 e. The molecular formula is C30H29F8N3O9S. The standard InChI is InChI=1S/C30H29F8N3O9S/c1-39-24(45)23-21(43)20(42)22(44)25(50-23)49-19-7-2-12(10-40-19)8-15(13-3-6-16(48-27(31)32)17(9-13)47-14-4-5-14)18-11-41-26(51-18)28(46,29(33,34)35)30(36,37)38/h2-3,6-7,9-11,14-15,20-23,25,27,42-44,46H,4-5,8H2,1H3,(H,39,45)/t15-,20-,21-,22+,23-,25+/m0/s1. The van der Waals surface area contributed by atoms with E-state index in [4.69, 9.17) is 14.2 Å². The van der Waals surface area contributed by atoms with Gasteiger partial charge in [0.15, 0.2) is 17.6 Å². The van der Waals surface area contributed by atoms with Crippen LogP contribution in [-0.4, -0.2) is 99.1 Å². The van der Waals surface area contributed by atoms with Crippen molar-refractivity contribution in [3.05, 3.63) is 63.7 Å². The Bertz CT molecular complexity index is 1660. The third kappa shape index (κ3) is 8.12. The number of carbonyl (C=O) groups excluding carboxylic acids is 1. The summed E-state index contributed by atoms with van der Waals surface area (Å²) in [6, 6.07) is 6.25. The molecule has 1 saturated carbocycles. The quantitative estimate of drug-likeness (QED) is 0.172. The second-order valence-electron chi connectivity index (χ2n) is 11.6. The number of rotatable bonds is 12. The number of hydrogen-bond donors (Lipinski definition) is 5. The van der Waals surface area contributed by atoms with Crippen LogP contribution in [0.4, 0.5) is 35.1 Å². The van der Waals surface area contributed by atoms with Crippen LogP contribution in [0.2, 0.25) is 0 Å². The predicted octanol–water partition coefficient (Wildman–Crippen LogP) is 3.30. The van der Waals surface area contributed by atoms with Gasteiger partial charge in [0.25, 0.3) is 5.91 Å². The van der Waals surface area contributed by atoms with Crippen LogP contribution in [0.5, 0.6) is 17.4 Å². The lowest BCUT2D eigenvalue weighted by Gasteiger charge is -2.39. The highest BCUT2D eigenvalue weighted by atomic mass is 32.1. The summed E-state index contributed by atoms with van der Waals surface area (Å²) in [5.41, 5.74) is -4.82. The first-order valence-corrected chi connectivity index (χ1v) is 15.8. The van der Waals surface area contributed by atoms with Gasteiger partial charge in [-0.2, -0.15) is 35.1 Å². The number of hydrogen-bond acceptors (Lipinski definition) is 12. The number of aliphatic hydroxyl groups is 4. The number of nitrogens with one attached hydrogen (secondary N) is 1. The Balaban J connectivity index is 1.47. The van der Waals surface area contributed by atoms with Crippen LogP contribution in [-0.2, 0) is 21.6 Å². The second-order valence-corrected chi connectivity index (χ2v) is 12.6. The van der Waals surface area contributed by atoms with Crippen molar-refractivity contribution in [2.75, 3.05) is 7.05 Å². The van der Waals surface area contributed by atoms with E-state index in [1.807, 2.05) is 0 Å².